The van der Waals surface area contributed by atoms with E-state index < -0.39 is 0 Å². The fourth-order valence-electron chi connectivity index (χ4n) is 2.27. The first-order chi connectivity index (χ1) is 7.33. The van der Waals surface area contributed by atoms with Gasteiger partial charge in [0.25, 0.3) is 0 Å². The standard InChI is InChI=1S/C12H20N2S/c1-2-11-5-6-12(15-11)9-14-7-3-4-10(14)8-13/h5-6,10H,2-4,7-9,13H2,1H3. The molecule has 3 heteroatoms. The lowest BCUT2D eigenvalue weighted by Crippen LogP contribution is -2.34. The van der Waals surface area contributed by atoms with Gasteiger partial charge in [-0.1, -0.05) is 6.92 Å². The molecule has 1 unspecified atom stereocenters. The molecule has 0 bridgehead atoms. The predicted octanol–water partition coefficient (Wildman–Crippen LogP) is 2.23. The van der Waals surface area contributed by atoms with Crippen molar-refractivity contribution in [1.29, 1.82) is 0 Å². The third kappa shape index (κ3) is 2.60. The first-order valence-electron chi connectivity index (χ1n) is 5.85. The Balaban J connectivity index is 1.95. The van der Waals surface area contributed by atoms with Crippen LogP contribution in [0.2, 0.25) is 0 Å². The van der Waals surface area contributed by atoms with E-state index in [-0.39, 0.29) is 0 Å². The minimum Gasteiger partial charge on any atom is -0.329 e. The zero-order valence-electron chi connectivity index (χ0n) is 9.41. The average Bonchev–Trinajstić information content (AvgIpc) is 2.87. The van der Waals surface area contributed by atoms with E-state index in [4.69, 9.17) is 5.73 Å². The molecule has 0 saturated carbocycles. The minimum atomic E-state index is 0.622. The molecule has 1 aromatic rings. The maximum Gasteiger partial charge on any atom is 0.0331 e. The Hall–Kier alpha value is -0.380. The van der Waals surface area contributed by atoms with Gasteiger partial charge in [-0.25, -0.2) is 0 Å². The number of thiophene rings is 1. The van der Waals surface area contributed by atoms with Gasteiger partial charge < -0.3 is 5.73 Å². The van der Waals surface area contributed by atoms with Crippen LogP contribution in [0.3, 0.4) is 0 Å². The molecule has 1 atom stereocenters. The van der Waals surface area contributed by atoms with Gasteiger partial charge >= 0.3 is 0 Å². The summed E-state index contributed by atoms with van der Waals surface area (Å²) in [6.07, 6.45) is 3.75. The summed E-state index contributed by atoms with van der Waals surface area (Å²) in [5.74, 6) is 0. The van der Waals surface area contributed by atoms with Gasteiger partial charge in [-0.3, -0.25) is 4.90 Å². The molecule has 2 nitrogen and oxygen atoms in total. The van der Waals surface area contributed by atoms with Crippen molar-refractivity contribution in [1.82, 2.24) is 4.90 Å². The Labute approximate surface area is 96.1 Å². The zero-order valence-corrected chi connectivity index (χ0v) is 10.2. The number of aryl methyl sites for hydroxylation is 1. The van der Waals surface area contributed by atoms with E-state index in [0.717, 1.165) is 19.5 Å². The largest absolute Gasteiger partial charge is 0.329 e. The van der Waals surface area contributed by atoms with Gasteiger partial charge in [0.05, 0.1) is 0 Å². The van der Waals surface area contributed by atoms with Crippen LogP contribution in [0, 0.1) is 0 Å². The van der Waals surface area contributed by atoms with Crippen molar-refractivity contribution in [3.63, 3.8) is 0 Å². The van der Waals surface area contributed by atoms with Gasteiger partial charge in [-0.15, -0.1) is 11.3 Å². The predicted molar refractivity (Wildman–Crippen MR) is 66.2 cm³/mol. The molecule has 84 valence electrons. The number of likely N-dealkylation sites (tertiary alicyclic amines) is 1. The fraction of sp³-hybridized carbons (Fsp3) is 0.667. The number of rotatable bonds is 4. The topological polar surface area (TPSA) is 29.3 Å². The fourth-order valence-corrected chi connectivity index (χ4v) is 3.25. The lowest BCUT2D eigenvalue weighted by molar-refractivity contribution is 0.252. The van der Waals surface area contributed by atoms with E-state index in [9.17, 15) is 0 Å². The molecule has 0 spiro atoms. The molecule has 2 heterocycles. The van der Waals surface area contributed by atoms with Gasteiger partial charge in [0.2, 0.25) is 0 Å². The van der Waals surface area contributed by atoms with E-state index in [1.807, 2.05) is 11.3 Å². The van der Waals surface area contributed by atoms with Crippen molar-refractivity contribution in [2.45, 2.75) is 38.8 Å². The van der Waals surface area contributed by atoms with Crippen LogP contribution in [0.15, 0.2) is 12.1 Å². The van der Waals surface area contributed by atoms with E-state index >= 15 is 0 Å². The molecule has 2 N–H and O–H groups in total. The van der Waals surface area contributed by atoms with Crippen LogP contribution in [0.5, 0.6) is 0 Å². The third-order valence-electron chi connectivity index (χ3n) is 3.20. The van der Waals surface area contributed by atoms with Crippen LogP contribution in [0.4, 0.5) is 0 Å². The molecular formula is C12H20N2S. The molecule has 0 aliphatic carbocycles. The maximum atomic E-state index is 5.77. The first-order valence-corrected chi connectivity index (χ1v) is 6.67. The summed E-state index contributed by atoms with van der Waals surface area (Å²) in [7, 11) is 0. The zero-order chi connectivity index (χ0) is 10.7. The van der Waals surface area contributed by atoms with Gasteiger partial charge in [0.15, 0.2) is 0 Å². The Morgan fingerprint density at radius 1 is 1.47 bits per heavy atom. The van der Waals surface area contributed by atoms with Crippen LogP contribution in [-0.4, -0.2) is 24.0 Å². The van der Waals surface area contributed by atoms with Crippen LogP contribution < -0.4 is 5.73 Å². The minimum absolute atomic E-state index is 0.622. The summed E-state index contributed by atoms with van der Waals surface area (Å²) < 4.78 is 0. The smallest absolute Gasteiger partial charge is 0.0331 e. The van der Waals surface area contributed by atoms with Gasteiger partial charge in [-0.2, -0.15) is 0 Å². The van der Waals surface area contributed by atoms with Gasteiger partial charge in [-0.05, 0) is 37.9 Å². The second-order valence-electron chi connectivity index (χ2n) is 4.22. The lowest BCUT2D eigenvalue weighted by Gasteiger charge is -2.22. The molecule has 0 amide bonds. The monoisotopic (exact) mass is 224 g/mol. The molecular weight excluding hydrogens is 204 g/mol. The average molecular weight is 224 g/mol. The molecule has 1 aromatic heterocycles. The SMILES string of the molecule is CCc1ccc(CN2CCCC2CN)s1. The maximum absolute atomic E-state index is 5.77. The van der Waals surface area contributed by atoms with Crippen LogP contribution >= 0.6 is 11.3 Å². The molecule has 15 heavy (non-hydrogen) atoms. The van der Waals surface area contributed by atoms with Crippen LogP contribution in [-0.2, 0) is 13.0 Å². The van der Waals surface area contributed by atoms with E-state index in [1.54, 1.807) is 0 Å². The molecule has 2 rings (SSSR count). The lowest BCUT2D eigenvalue weighted by atomic mass is 10.2. The summed E-state index contributed by atoms with van der Waals surface area (Å²) in [5, 5.41) is 0. The van der Waals surface area contributed by atoms with Crippen LogP contribution in [0.1, 0.15) is 29.5 Å². The highest BCUT2D eigenvalue weighted by Crippen LogP contribution is 2.23. The van der Waals surface area contributed by atoms with E-state index in [2.05, 4.69) is 24.0 Å². The van der Waals surface area contributed by atoms with E-state index in [1.165, 1.54) is 29.1 Å². The Kier molecular flexibility index (Phi) is 3.78. The highest BCUT2D eigenvalue weighted by atomic mass is 32.1. The van der Waals surface area contributed by atoms with E-state index in [0.29, 0.717) is 6.04 Å². The van der Waals surface area contributed by atoms with Crippen molar-refractivity contribution in [2.24, 2.45) is 5.73 Å². The molecule has 1 saturated heterocycles. The number of nitrogens with two attached hydrogens (primary N) is 1. The third-order valence-corrected chi connectivity index (χ3v) is 4.41. The number of hydrogen-bond donors (Lipinski definition) is 1. The second-order valence-corrected chi connectivity index (χ2v) is 5.48. The summed E-state index contributed by atoms with van der Waals surface area (Å²) in [4.78, 5) is 5.52. The molecule has 1 aliphatic rings. The highest BCUT2D eigenvalue weighted by Gasteiger charge is 2.23. The van der Waals surface area contributed by atoms with Gasteiger partial charge in [0.1, 0.15) is 0 Å². The Morgan fingerprint density at radius 2 is 2.27 bits per heavy atom. The highest BCUT2D eigenvalue weighted by molar-refractivity contribution is 7.11. The van der Waals surface area contributed by atoms with Crippen molar-refractivity contribution in [3.8, 4) is 0 Å². The molecule has 0 aromatic carbocycles. The summed E-state index contributed by atoms with van der Waals surface area (Å²) >= 11 is 1.95. The van der Waals surface area contributed by atoms with Crippen molar-refractivity contribution in [3.05, 3.63) is 21.9 Å². The Morgan fingerprint density at radius 3 is 2.93 bits per heavy atom. The Bertz CT molecular complexity index is 308. The summed E-state index contributed by atoms with van der Waals surface area (Å²) in [6, 6.07) is 5.15. The quantitative estimate of drug-likeness (QED) is 0.850. The number of nitrogens with zero attached hydrogens (tertiary/aromatic N) is 1. The molecule has 1 fully saturated rings. The van der Waals surface area contributed by atoms with Crippen molar-refractivity contribution in [2.75, 3.05) is 13.1 Å². The first kappa shape index (κ1) is 11.1. The van der Waals surface area contributed by atoms with Crippen molar-refractivity contribution >= 4 is 11.3 Å². The molecule has 0 radical (unpaired) electrons. The molecule has 1 aliphatic heterocycles. The summed E-state index contributed by atoms with van der Waals surface area (Å²) in [6.45, 7) is 5.36. The normalized spacial score (nSPS) is 22.4. The van der Waals surface area contributed by atoms with Crippen LogP contribution in [0.25, 0.3) is 0 Å². The summed E-state index contributed by atoms with van der Waals surface area (Å²) in [5.41, 5.74) is 5.77. The number of hydrogen-bond acceptors (Lipinski definition) is 3. The second kappa shape index (κ2) is 5.10. The van der Waals surface area contributed by atoms with Gasteiger partial charge in [0, 0.05) is 28.9 Å². The van der Waals surface area contributed by atoms with Crippen molar-refractivity contribution < 1.29 is 0 Å².